The molecule has 1 aromatic heterocycles. The van der Waals surface area contributed by atoms with Gasteiger partial charge in [0.25, 0.3) is 5.91 Å². The molecule has 66 heavy (non-hydrogen) atoms. The normalized spacial score (nSPS) is 18.1. The second-order valence-electron chi connectivity index (χ2n) is 18.9. The van der Waals surface area contributed by atoms with E-state index in [4.69, 9.17) is 14.2 Å². The van der Waals surface area contributed by atoms with Crippen molar-refractivity contribution >= 4 is 47.0 Å². The number of benzene rings is 1. The molecule has 0 saturated carbocycles. The maximum absolute atomic E-state index is 14.7. The zero-order valence-corrected chi connectivity index (χ0v) is 42.7. The number of amides is 6. The van der Waals surface area contributed by atoms with E-state index in [1.807, 2.05) is 98.0 Å². The molecule has 2 heterocycles. The third kappa shape index (κ3) is 14.9. The van der Waals surface area contributed by atoms with Crippen LogP contribution < -0.4 is 16.0 Å². The summed E-state index contributed by atoms with van der Waals surface area (Å²) in [6.07, 6.45) is 1.42. The standard InChI is InChI=1S/C49H79N7O9S/c1-15-32(8)42(55(12)48(61)40(30(4)5)53-45(59)41(31(6)7)54(11)47(60)38(26-29(2)3)65-49(62)50-10)37(63-13)28-39(57)56-24-19-22-36(56)43(64-14)33(9)44(58)52-35(46-51-23-25-66-46)27-34-20-17-16-18-21-34/h16-18,20-21,23,25,29-33,35-38,40-43H,15,19,22,24,26-28H2,1-14H3,(H,50,62)(H,52,58)(H,53,59)/t32?,33?,35?,36-,37?,38?,40?,41?,42?,43?/m0/s1. The number of nitrogens with zero attached hydrogens (tertiary/aromatic N) is 4. The van der Waals surface area contributed by atoms with E-state index in [0.717, 1.165) is 17.0 Å². The van der Waals surface area contributed by atoms with Gasteiger partial charge in [-0.25, -0.2) is 9.78 Å². The van der Waals surface area contributed by atoms with E-state index >= 15 is 0 Å². The second-order valence-corrected chi connectivity index (χ2v) is 19.8. The fourth-order valence-electron chi connectivity index (χ4n) is 9.14. The van der Waals surface area contributed by atoms with E-state index in [2.05, 4.69) is 20.9 Å². The molecule has 1 saturated heterocycles. The number of alkyl carbamates (subject to hydrolysis) is 1. The van der Waals surface area contributed by atoms with E-state index in [1.54, 1.807) is 30.2 Å². The third-order valence-electron chi connectivity index (χ3n) is 12.9. The highest BCUT2D eigenvalue weighted by Gasteiger charge is 2.44. The summed E-state index contributed by atoms with van der Waals surface area (Å²) in [6.45, 7) is 17.4. The Morgan fingerprint density at radius 2 is 1.55 bits per heavy atom. The Hall–Kier alpha value is -4.61. The Kier molecular flexibility index (Phi) is 22.5. The minimum absolute atomic E-state index is 0.0197. The summed E-state index contributed by atoms with van der Waals surface area (Å²) >= 11 is 1.49. The minimum atomic E-state index is -1.11. The van der Waals surface area contributed by atoms with E-state index in [0.29, 0.717) is 25.8 Å². The molecule has 16 nitrogen and oxygen atoms in total. The maximum Gasteiger partial charge on any atom is 0.407 e. The topological polar surface area (TPSA) is 189 Å². The van der Waals surface area contributed by atoms with Crippen molar-refractivity contribution < 1.29 is 43.0 Å². The van der Waals surface area contributed by atoms with Crippen molar-refractivity contribution in [2.24, 2.45) is 29.6 Å². The Balaban J connectivity index is 1.82. The van der Waals surface area contributed by atoms with Gasteiger partial charge in [-0.2, -0.15) is 0 Å². The number of carbonyl (C=O) groups excluding carboxylic acids is 6. The van der Waals surface area contributed by atoms with Crippen LogP contribution in [0.4, 0.5) is 4.79 Å². The number of carbonyl (C=O) groups is 6. The molecule has 3 rings (SSSR count). The molecular weight excluding hydrogens is 863 g/mol. The molecule has 1 fully saturated rings. The largest absolute Gasteiger partial charge is 0.436 e. The van der Waals surface area contributed by atoms with Gasteiger partial charge in [0.05, 0.1) is 42.7 Å². The summed E-state index contributed by atoms with van der Waals surface area (Å²) in [5, 5.41) is 11.3. The van der Waals surface area contributed by atoms with Gasteiger partial charge in [0.1, 0.15) is 17.1 Å². The van der Waals surface area contributed by atoms with Crippen molar-refractivity contribution in [3.8, 4) is 0 Å². The molecule has 1 aromatic carbocycles. The number of thiazole rings is 1. The summed E-state index contributed by atoms with van der Waals surface area (Å²) in [5.41, 5.74) is 1.07. The van der Waals surface area contributed by atoms with Crippen molar-refractivity contribution in [3.63, 3.8) is 0 Å². The molecule has 0 bridgehead atoms. The first-order valence-electron chi connectivity index (χ1n) is 23.5. The molecule has 1 aliphatic heterocycles. The van der Waals surface area contributed by atoms with Gasteiger partial charge < -0.3 is 44.9 Å². The second kappa shape index (κ2) is 26.7. The highest BCUT2D eigenvalue weighted by Crippen LogP contribution is 2.31. The molecule has 370 valence electrons. The molecular formula is C49H79N7O9S. The van der Waals surface area contributed by atoms with Crippen LogP contribution in [0.5, 0.6) is 0 Å². The van der Waals surface area contributed by atoms with Crippen LogP contribution in [0.25, 0.3) is 0 Å². The summed E-state index contributed by atoms with van der Waals surface area (Å²) in [7, 11) is 7.70. The first kappa shape index (κ1) is 55.7. The number of likely N-dealkylation sites (N-methyl/N-ethyl adjacent to an activating group) is 2. The van der Waals surface area contributed by atoms with Crippen molar-refractivity contribution in [2.45, 2.75) is 149 Å². The number of aromatic nitrogens is 1. The fraction of sp³-hybridized carbons (Fsp3) is 0.694. The fourth-order valence-corrected chi connectivity index (χ4v) is 9.83. The van der Waals surface area contributed by atoms with Crippen molar-refractivity contribution in [2.75, 3.05) is 41.9 Å². The monoisotopic (exact) mass is 942 g/mol. The van der Waals surface area contributed by atoms with Gasteiger partial charge in [0.2, 0.25) is 23.6 Å². The molecule has 6 amide bonds. The average molecular weight is 942 g/mol. The van der Waals surface area contributed by atoms with E-state index < -0.39 is 60.3 Å². The maximum atomic E-state index is 14.7. The molecule has 2 aromatic rings. The van der Waals surface area contributed by atoms with E-state index in [1.165, 1.54) is 37.4 Å². The van der Waals surface area contributed by atoms with Gasteiger partial charge in [0.15, 0.2) is 6.10 Å². The molecule has 0 radical (unpaired) electrons. The lowest BCUT2D eigenvalue weighted by atomic mass is 9.89. The Morgan fingerprint density at radius 3 is 2.08 bits per heavy atom. The number of hydrogen-bond donors (Lipinski definition) is 3. The molecule has 3 N–H and O–H groups in total. The molecule has 17 heteroatoms. The molecule has 9 unspecified atom stereocenters. The first-order chi connectivity index (χ1) is 31.2. The average Bonchev–Trinajstić information content (AvgIpc) is 4.01. The Bertz CT molecular complexity index is 1850. The zero-order valence-electron chi connectivity index (χ0n) is 41.9. The smallest absolute Gasteiger partial charge is 0.407 e. The number of hydrogen-bond acceptors (Lipinski definition) is 11. The van der Waals surface area contributed by atoms with E-state index in [-0.39, 0.29) is 66.3 Å². The van der Waals surface area contributed by atoms with Crippen LogP contribution in [0.3, 0.4) is 0 Å². The quantitative estimate of drug-likeness (QED) is 0.109. The summed E-state index contributed by atoms with van der Waals surface area (Å²) < 4.78 is 17.6. The van der Waals surface area contributed by atoms with Gasteiger partial charge in [-0.15, -0.1) is 11.3 Å². The van der Waals surface area contributed by atoms with Crippen molar-refractivity contribution in [1.82, 2.24) is 35.6 Å². The number of methoxy groups -OCH3 is 2. The van der Waals surface area contributed by atoms with Crippen molar-refractivity contribution in [3.05, 3.63) is 52.5 Å². The van der Waals surface area contributed by atoms with Gasteiger partial charge in [-0.3, -0.25) is 24.0 Å². The van der Waals surface area contributed by atoms with Gasteiger partial charge >= 0.3 is 6.09 Å². The molecule has 1 aliphatic rings. The van der Waals surface area contributed by atoms with Crippen LogP contribution >= 0.6 is 11.3 Å². The van der Waals surface area contributed by atoms with Crippen LogP contribution in [0, 0.1) is 29.6 Å². The highest BCUT2D eigenvalue weighted by atomic mass is 32.1. The number of ether oxygens (including phenoxy) is 3. The molecule has 10 atom stereocenters. The summed E-state index contributed by atoms with van der Waals surface area (Å²) in [6, 6.07) is 6.70. The highest BCUT2D eigenvalue weighted by molar-refractivity contribution is 7.09. The van der Waals surface area contributed by atoms with E-state index in [9.17, 15) is 28.8 Å². The van der Waals surface area contributed by atoms with Crippen LogP contribution in [-0.4, -0.2) is 140 Å². The molecule has 0 aliphatic carbocycles. The number of rotatable bonds is 25. The Labute approximate surface area is 397 Å². The lowest BCUT2D eigenvalue weighted by Crippen LogP contribution is -2.61. The first-order valence-corrected chi connectivity index (χ1v) is 24.4. The summed E-state index contributed by atoms with van der Waals surface area (Å²) in [5.74, 6) is -3.18. The minimum Gasteiger partial charge on any atom is -0.436 e. The van der Waals surface area contributed by atoms with Gasteiger partial charge in [-0.1, -0.05) is 99.1 Å². The van der Waals surface area contributed by atoms with Crippen LogP contribution in [0.2, 0.25) is 0 Å². The third-order valence-corrected chi connectivity index (χ3v) is 13.8. The van der Waals surface area contributed by atoms with Gasteiger partial charge in [0, 0.05) is 53.5 Å². The lowest BCUT2D eigenvalue weighted by Gasteiger charge is -2.41. The van der Waals surface area contributed by atoms with Crippen LogP contribution in [0.1, 0.15) is 111 Å². The van der Waals surface area contributed by atoms with Crippen molar-refractivity contribution in [1.29, 1.82) is 0 Å². The SMILES string of the molecule is CCC(C)C(C(CC(=O)N1CCC[C@H]1C(OC)C(C)C(=O)NC(Cc1ccccc1)c1nccs1)OC)N(C)C(=O)C(NC(=O)C(C(C)C)N(C)C(=O)C(CC(C)C)OC(=O)NC)C(C)C. The zero-order chi connectivity index (χ0) is 49.4. The van der Waals surface area contributed by atoms with Crippen LogP contribution in [0.15, 0.2) is 41.9 Å². The number of likely N-dealkylation sites (tertiary alicyclic amines) is 1. The Morgan fingerprint density at radius 1 is 0.879 bits per heavy atom. The predicted octanol–water partition coefficient (Wildman–Crippen LogP) is 5.86. The van der Waals surface area contributed by atoms with Crippen LogP contribution in [-0.2, 0) is 44.6 Å². The van der Waals surface area contributed by atoms with Gasteiger partial charge in [-0.05, 0) is 54.9 Å². The summed E-state index contributed by atoms with van der Waals surface area (Å²) in [4.78, 5) is 92.5. The lowest BCUT2D eigenvalue weighted by molar-refractivity contribution is -0.150. The molecule has 0 spiro atoms. The predicted molar refractivity (Wildman–Crippen MR) is 256 cm³/mol. The number of nitrogens with one attached hydrogen (secondary N) is 3.